The van der Waals surface area contributed by atoms with Crippen LogP contribution in [0.1, 0.15) is 36.0 Å². The number of hydrogen-bond donors (Lipinski definition) is 2. The average molecular weight is 346 g/mol. The molecule has 2 amide bonds. The van der Waals surface area contributed by atoms with Crippen LogP contribution in [-0.2, 0) is 4.79 Å². The molecule has 2 heterocycles. The molecule has 2 rings (SSSR count). The number of hydrogen-bond acceptors (Lipinski definition) is 4. The Kier molecular flexibility index (Phi) is 8.45. The van der Waals surface area contributed by atoms with Crippen molar-refractivity contribution in [2.75, 3.05) is 26.7 Å². The lowest BCUT2D eigenvalue weighted by Crippen LogP contribution is -2.44. The fraction of sp³-hybridized carbons (Fsp3) is 0.600. The average Bonchev–Trinajstić information content (AvgIpc) is 3.05. The molecule has 0 aromatic carbocycles. The minimum atomic E-state index is -0.0569. The first-order chi connectivity index (χ1) is 10.2. The second kappa shape index (κ2) is 9.82. The van der Waals surface area contributed by atoms with Gasteiger partial charge in [-0.1, -0.05) is 0 Å². The summed E-state index contributed by atoms with van der Waals surface area (Å²) in [6.45, 7) is 2.23. The van der Waals surface area contributed by atoms with Gasteiger partial charge in [0, 0.05) is 43.0 Å². The summed E-state index contributed by atoms with van der Waals surface area (Å²) in [7, 11) is 1.97. The highest BCUT2D eigenvalue weighted by Gasteiger charge is 2.21. The van der Waals surface area contributed by atoms with Gasteiger partial charge in [-0.25, -0.2) is 0 Å². The third kappa shape index (κ3) is 5.59. The van der Waals surface area contributed by atoms with Crippen molar-refractivity contribution in [1.29, 1.82) is 0 Å². The fourth-order valence-electron chi connectivity index (χ4n) is 2.51. The van der Waals surface area contributed by atoms with Gasteiger partial charge >= 0.3 is 0 Å². The zero-order valence-corrected chi connectivity index (χ0v) is 14.5. The van der Waals surface area contributed by atoms with Crippen LogP contribution < -0.4 is 10.6 Å². The van der Waals surface area contributed by atoms with Gasteiger partial charge < -0.3 is 15.5 Å². The Balaban J connectivity index is 0.00000242. The molecule has 1 saturated heterocycles. The lowest BCUT2D eigenvalue weighted by Gasteiger charge is -2.31. The minimum absolute atomic E-state index is 0. The Morgan fingerprint density at radius 3 is 2.68 bits per heavy atom. The molecule has 124 valence electrons. The van der Waals surface area contributed by atoms with Gasteiger partial charge in [0.2, 0.25) is 5.91 Å². The number of likely N-dealkylation sites (tertiary alicyclic amines) is 1. The Labute approximate surface area is 141 Å². The van der Waals surface area contributed by atoms with Crippen molar-refractivity contribution in [3.05, 3.63) is 22.4 Å². The molecular formula is C15H24ClN3O2S. The van der Waals surface area contributed by atoms with Crippen LogP contribution >= 0.6 is 23.7 Å². The predicted octanol–water partition coefficient (Wildman–Crippen LogP) is 1.89. The van der Waals surface area contributed by atoms with E-state index in [1.807, 2.05) is 22.7 Å². The SMILES string of the molecule is CNC1CCN(C(=O)CCCNC(=O)c2ccsc2)CC1.Cl. The molecule has 7 heteroatoms. The number of carbonyl (C=O) groups is 2. The van der Waals surface area contributed by atoms with Crippen molar-refractivity contribution < 1.29 is 9.59 Å². The molecule has 0 bridgehead atoms. The van der Waals surface area contributed by atoms with Gasteiger partial charge in [-0.05, 0) is 37.8 Å². The topological polar surface area (TPSA) is 61.4 Å². The van der Waals surface area contributed by atoms with Gasteiger partial charge in [-0.3, -0.25) is 9.59 Å². The number of piperidine rings is 1. The van der Waals surface area contributed by atoms with Gasteiger partial charge in [0.05, 0.1) is 0 Å². The fourth-order valence-corrected chi connectivity index (χ4v) is 3.15. The first-order valence-corrected chi connectivity index (χ1v) is 8.40. The van der Waals surface area contributed by atoms with E-state index < -0.39 is 0 Å². The second-order valence-electron chi connectivity index (χ2n) is 5.32. The summed E-state index contributed by atoms with van der Waals surface area (Å²) >= 11 is 1.51. The summed E-state index contributed by atoms with van der Waals surface area (Å²) in [5, 5.41) is 9.81. The maximum Gasteiger partial charge on any atom is 0.252 e. The van der Waals surface area contributed by atoms with Gasteiger partial charge in [0.15, 0.2) is 0 Å². The maximum atomic E-state index is 12.1. The molecule has 0 aliphatic carbocycles. The standard InChI is InChI=1S/C15H23N3O2S.ClH/c1-16-13-4-8-18(9-5-13)14(19)3-2-7-17-15(20)12-6-10-21-11-12;/h6,10-11,13,16H,2-5,7-9H2,1H3,(H,17,20);1H. The van der Waals surface area contributed by atoms with Gasteiger partial charge in [0.1, 0.15) is 0 Å². The number of nitrogens with zero attached hydrogens (tertiary/aromatic N) is 1. The van der Waals surface area contributed by atoms with E-state index in [9.17, 15) is 9.59 Å². The molecule has 2 N–H and O–H groups in total. The number of nitrogens with one attached hydrogen (secondary N) is 2. The second-order valence-corrected chi connectivity index (χ2v) is 6.10. The van der Waals surface area contributed by atoms with Crippen LogP contribution in [0.4, 0.5) is 0 Å². The summed E-state index contributed by atoms with van der Waals surface area (Å²) < 4.78 is 0. The molecule has 0 radical (unpaired) electrons. The van der Waals surface area contributed by atoms with Gasteiger partial charge in [-0.15, -0.1) is 12.4 Å². The van der Waals surface area contributed by atoms with Crippen LogP contribution in [-0.4, -0.2) is 49.4 Å². The molecule has 1 aliphatic rings. The largest absolute Gasteiger partial charge is 0.352 e. The molecule has 1 aromatic heterocycles. The van der Waals surface area contributed by atoms with Crippen LogP contribution in [0.5, 0.6) is 0 Å². The molecule has 22 heavy (non-hydrogen) atoms. The van der Waals surface area contributed by atoms with E-state index in [4.69, 9.17) is 0 Å². The molecule has 0 spiro atoms. The number of amides is 2. The normalized spacial score (nSPS) is 15.2. The molecule has 1 aromatic rings. The highest BCUT2D eigenvalue weighted by molar-refractivity contribution is 7.08. The van der Waals surface area contributed by atoms with Crippen LogP contribution in [0.25, 0.3) is 0 Å². The van der Waals surface area contributed by atoms with Crippen molar-refractivity contribution in [3.8, 4) is 0 Å². The lowest BCUT2D eigenvalue weighted by molar-refractivity contribution is -0.132. The summed E-state index contributed by atoms with van der Waals surface area (Å²) in [6, 6.07) is 2.34. The monoisotopic (exact) mass is 345 g/mol. The van der Waals surface area contributed by atoms with Crippen molar-refractivity contribution >= 4 is 35.6 Å². The summed E-state index contributed by atoms with van der Waals surface area (Å²) in [4.78, 5) is 25.7. The number of thiophene rings is 1. The minimum Gasteiger partial charge on any atom is -0.352 e. The Morgan fingerprint density at radius 2 is 2.09 bits per heavy atom. The molecule has 0 saturated carbocycles. The molecule has 5 nitrogen and oxygen atoms in total. The first kappa shape index (κ1) is 18.9. The highest BCUT2D eigenvalue weighted by atomic mass is 35.5. The van der Waals surface area contributed by atoms with Gasteiger partial charge in [0.25, 0.3) is 5.91 Å². The van der Waals surface area contributed by atoms with E-state index in [-0.39, 0.29) is 24.2 Å². The van der Waals surface area contributed by atoms with Crippen LogP contribution in [0.2, 0.25) is 0 Å². The molecule has 1 aliphatic heterocycles. The van der Waals surface area contributed by atoms with E-state index in [2.05, 4.69) is 10.6 Å². The lowest BCUT2D eigenvalue weighted by atomic mass is 10.0. The number of carbonyl (C=O) groups excluding carboxylic acids is 2. The smallest absolute Gasteiger partial charge is 0.252 e. The molecular weight excluding hydrogens is 322 g/mol. The Morgan fingerprint density at radius 1 is 1.36 bits per heavy atom. The Bertz CT molecular complexity index is 459. The van der Waals surface area contributed by atoms with E-state index in [0.29, 0.717) is 31.0 Å². The van der Waals surface area contributed by atoms with Crippen molar-refractivity contribution in [2.24, 2.45) is 0 Å². The molecule has 0 atom stereocenters. The van der Waals surface area contributed by atoms with E-state index >= 15 is 0 Å². The molecule has 1 fully saturated rings. The van der Waals surface area contributed by atoms with E-state index in [1.165, 1.54) is 11.3 Å². The zero-order chi connectivity index (χ0) is 15.1. The van der Waals surface area contributed by atoms with E-state index in [1.54, 1.807) is 6.07 Å². The van der Waals surface area contributed by atoms with Crippen molar-refractivity contribution in [1.82, 2.24) is 15.5 Å². The number of rotatable bonds is 6. The zero-order valence-electron chi connectivity index (χ0n) is 12.8. The predicted molar refractivity (Wildman–Crippen MR) is 91.8 cm³/mol. The highest BCUT2D eigenvalue weighted by Crippen LogP contribution is 2.11. The first-order valence-electron chi connectivity index (χ1n) is 7.46. The van der Waals surface area contributed by atoms with Crippen molar-refractivity contribution in [3.63, 3.8) is 0 Å². The van der Waals surface area contributed by atoms with E-state index in [0.717, 1.165) is 25.9 Å². The van der Waals surface area contributed by atoms with Crippen LogP contribution in [0, 0.1) is 0 Å². The maximum absolute atomic E-state index is 12.1. The summed E-state index contributed by atoms with van der Waals surface area (Å²) in [6.07, 6.45) is 3.25. The quantitative estimate of drug-likeness (QED) is 0.774. The summed E-state index contributed by atoms with van der Waals surface area (Å²) in [5.74, 6) is 0.146. The molecule has 0 unspecified atom stereocenters. The van der Waals surface area contributed by atoms with Gasteiger partial charge in [-0.2, -0.15) is 11.3 Å². The number of halogens is 1. The van der Waals surface area contributed by atoms with Crippen LogP contribution in [0.15, 0.2) is 16.8 Å². The van der Waals surface area contributed by atoms with Crippen molar-refractivity contribution in [2.45, 2.75) is 31.7 Å². The third-order valence-electron chi connectivity index (χ3n) is 3.89. The Hall–Kier alpha value is -1.11. The summed E-state index contributed by atoms with van der Waals surface area (Å²) in [5.41, 5.74) is 0.695. The van der Waals surface area contributed by atoms with Crippen LogP contribution in [0.3, 0.4) is 0 Å². The third-order valence-corrected chi connectivity index (χ3v) is 4.58.